The maximum Gasteiger partial charge on any atom is 0.227 e. The molecule has 1 saturated heterocycles. The molecule has 0 bridgehead atoms. The van der Waals surface area contributed by atoms with Gasteiger partial charge in [-0.05, 0) is 32.3 Å². The van der Waals surface area contributed by atoms with Gasteiger partial charge in [-0.1, -0.05) is 18.5 Å². The lowest BCUT2D eigenvalue weighted by molar-refractivity contribution is -0.124. The first-order valence-corrected chi connectivity index (χ1v) is 7.03. The van der Waals surface area contributed by atoms with Gasteiger partial charge in [0.05, 0.1) is 22.5 Å². The second-order valence-electron chi connectivity index (χ2n) is 4.87. The molecular weight excluding hydrogens is 264 g/mol. The first kappa shape index (κ1) is 14.3. The number of carbonyl (C=O) groups excluding carboxylic acids is 1. The Balaban J connectivity index is 2.02. The average molecular weight is 283 g/mol. The molecule has 1 N–H and O–H groups in total. The number of carbonyl (C=O) groups is 1. The molecule has 1 aliphatic heterocycles. The van der Waals surface area contributed by atoms with E-state index in [9.17, 15) is 4.79 Å². The zero-order chi connectivity index (χ0) is 13.8. The summed E-state index contributed by atoms with van der Waals surface area (Å²) in [6.45, 7) is 4.55. The molecule has 0 spiro atoms. The Kier molecular flexibility index (Phi) is 4.77. The van der Waals surface area contributed by atoms with E-state index in [2.05, 4.69) is 17.2 Å². The van der Waals surface area contributed by atoms with Gasteiger partial charge in [0.25, 0.3) is 0 Å². The molecule has 4 nitrogen and oxygen atoms in total. The Bertz CT molecular complexity index is 465. The lowest BCUT2D eigenvalue weighted by Crippen LogP contribution is -2.33. The molecule has 0 saturated carbocycles. The van der Waals surface area contributed by atoms with Gasteiger partial charge in [0.15, 0.2) is 0 Å². The molecule has 2 atom stereocenters. The summed E-state index contributed by atoms with van der Waals surface area (Å²) in [5.74, 6) is 0.0255. The molecule has 1 amide bonds. The van der Waals surface area contributed by atoms with Crippen molar-refractivity contribution in [2.75, 3.05) is 11.9 Å². The van der Waals surface area contributed by atoms with Crippen LogP contribution in [0.1, 0.15) is 31.9 Å². The summed E-state index contributed by atoms with van der Waals surface area (Å²) in [4.78, 5) is 16.3. The Morgan fingerprint density at radius 2 is 2.42 bits per heavy atom. The van der Waals surface area contributed by atoms with Crippen LogP contribution in [0.15, 0.2) is 12.3 Å². The highest BCUT2D eigenvalue weighted by Crippen LogP contribution is 2.27. The van der Waals surface area contributed by atoms with Crippen LogP contribution in [-0.2, 0) is 9.53 Å². The number of ether oxygens (including phenoxy) is 1. The highest BCUT2D eigenvalue weighted by molar-refractivity contribution is 6.34. The van der Waals surface area contributed by atoms with E-state index < -0.39 is 0 Å². The van der Waals surface area contributed by atoms with Gasteiger partial charge in [-0.15, -0.1) is 0 Å². The van der Waals surface area contributed by atoms with E-state index in [-0.39, 0.29) is 17.9 Å². The van der Waals surface area contributed by atoms with Crippen LogP contribution in [0.2, 0.25) is 5.02 Å². The number of rotatable bonds is 3. The van der Waals surface area contributed by atoms with Crippen molar-refractivity contribution in [2.24, 2.45) is 5.92 Å². The summed E-state index contributed by atoms with van der Waals surface area (Å²) in [7, 11) is 0. The molecule has 0 radical (unpaired) electrons. The topological polar surface area (TPSA) is 51.2 Å². The number of nitrogens with zero attached hydrogens (tertiary/aromatic N) is 1. The summed E-state index contributed by atoms with van der Waals surface area (Å²) in [5, 5.41) is 3.41. The van der Waals surface area contributed by atoms with Gasteiger partial charge >= 0.3 is 0 Å². The maximum atomic E-state index is 12.2. The molecule has 1 fully saturated rings. The van der Waals surface area contributed by atoms with Gasteiger partial charge in [-0.3, -0.25) is 9.78 Å². The lowest BCUT2D eigenvalue weighted by atomic mass is 9.93. The van der Waals surface area contributed by atoms with E-state index in [0.717, 1.165) is 25.0 Å². The minimum atomic E-state index is 0.00300. The smallest absolute Gasteiger partial charge is 0.227 e. The van der Waals surface area contributed by atoms with Crippen molar-refractivity contribution in [2.45, 2.75) is 39.2 Å². The molecular formula is C14H19ClN2O2. The fourth-order valence-electron chi connectivity index (χ4n) is 2.28. The van der Waals surface area contributed by atoms with Gasteiger partial charge in [0.1, 0.15) is 0 Å². The minimum absolute atomic E-state index is 0.00300. The van der Waals surface area contributed by atoms with E-state index >= 15 is 0 Å². The van der Waals surface area contributed by atoms with Crippen molar-refractivity contribution in [1.29, 1.82) is 0 Å². The number of nitrogens with one attached hydrogen (secondary N) is 1. The standard InChI is InChI=1S/C14H19ClN2O2/c1-3-11-8-10(5-7-19-11)14(18)17-12-4-6-16-9(2)13(12)15/h4,6,10-11H,3,5,7-8H2,1-2H3,(H,16,17,18)/t10-,11-/m1/s1. The maximum absolute atomic E-state index is 12.2. The van der Waals surface area contributed by atoms with E-state index in [1.54, 1.807) is 12.3 Å². The monoisotopic (exact) mass is 282 g/mol. The molecule has 19 heavy (non-hydrogen) atoms. The SMILES string of the molecule is CC[C@@H]1C[C@H](C(=O)Nc2ccnc(C)c2Cl)CCO1. The highest BCUT2D eigenvalue weighted by atomic mass is 35.5. The summed E-state index contributed by atoms with van der Waals surface area (Å²) in [5.41, 5.74) is 1.36. The first-order valence-electron chi connectivity index (χ1n) is 6.65. The molecule has 1 aromatic rings. The van der Waals surface area contributed by atoms with Gasteiger partial charge < -0.3 is 10.1 Å². The number of amides is 1. The predicted octanol–water partition coefficient (Wildman–Crippen LogP) is 3.19. The third kappa shape index (κ3) is 3.45. The van der Waals surface area contributed by atoms with Crippen LogP contribution in [0.25, 0.3) is 0 Å². The van der Waals surface area contributed by atoms with Crippen molar-refractivity contribution in [1.82, 2.24) is 4.98 Å². The van der Waals surface area contributed by atoms with E-state index in [4.69, 9.17) is 16.3 Å². The minimum Gasteiger partial charge on any atom is -0.378 e. The van der Waals surface area contributed by atoms with Crippen molar-refractivity contribution in [3.8, 4) is 0 Å². The Labute approximate surface area is 118 Å². The molecule has 2 rings (SSSR count). The van der Waals surface area contributed by atoms with Crippen molar-refractivity contribution in [3.63, 3.8) is 0 Å². The summed E-state index contributed by atoms with van der Waals surface area (Å²) in [6.07, 6.45) is 4.34. The number of aryl methyl sites for hydroxylation is 1. The predicted molar refractivity (Wildman–Crippen MR) is 75.4 cm³/mol. The molecule has 0 unspecified atom stereocenters. The third-order valence-corrected chi connectivity index (χ3v) is 3.99. The van der Waals surface area contributed by atoms with Crippen molar-refractivity contribution >= 4 is 23.2 Å². The Morgan fingerprint density at radius 1 is 1.63 bits per heavy atom. The number of halogens is 1. The fourth-order valence-corrected chi connectivity index (χ4v) is 2.44. The quantitative estimate of drug-likeness (QED) is 0.926. The number of anilines is 1. The van der Waals surface area contributed by atoms with Crippen molar-refractivity contribution in [3.05, 3.63) is 23.0 Å². The molecule has 1 aromatic heterocycles. The van der Waals surface area contributed by atoms with E-state index in [1.165, 1.54) is 0 Å². The van der Waals surface area contributed by atoms with Crippen LogP contribution in [0.4, 0.5) is 5.69 Å². The molecule has 0 aromatic carbocycles. The highest BCUT2D eigenvalue weighted by Gasteiger charge is 2.27. The molecule has 104 valence electrons. The van der Waals surface area contributed by atoms with Gasteiger partial charge in [-0.25, -0.2) is 0 Å². The molecule has 5 heteroatoms. The van der Waals surface area contributed by atoms with Gasteiger partial charge in [0.2, 0.25) is 5.91 Å². The summed E-state index contributed by atoms with van der Waals surface area (Å²) < 4.78 is 5.58. The third-order valence-electron chi connectivity index (χ3n) is 3.51. The molecule has 1 aliphatic rings. The largest absolute Gasteiger partial charge is 0.378 e. The van der Waals surface area contributed by atoms with Gasteiger partial charge in [0, 0.05) is 18.7 Å². The van der Waals surface area contributed by atoms with Crippen molar-refractivity contribution < 1.29 is 9.53 Å². The second kappa shape index (κ2) is 6.35. The molecule has 0 aliphatic carbocycles. The van der Waals surface area contributed by atoms with E-state index in [0.29, 0.717) is 17.3 Å². The number of pyridine rings is 1. The van der Waals surface area contributed by atoms with Crippen LogP contribution in [0.5, 0.6) is 0 Å². The first-order chi connectivity index (χ1) is 9.11. The number of hydrogen-bond donors (Lipinski definition) is 1. The summed E-state index contributed by atoms with van der Waals surface area (Å²) >= 11 is 6.13. The lowest BCUT2D eigenvalue weighted by Gasteiger charge is -2.28. The molecule has 2 heterocycles. The second-order valence-corrected chi connectivity index (χ2v) is 5.25. The van der Waals surface area contributed by atoms with Crippen LogP contribution >= 0.6 is 11.6 Å². The van der Waals surface area contributed by atoms with Crippen LogP contribution in [0, 0.1) is 12.8 Å². The average Bonchev–Trinajstić information content (AvgIpc) is 2.44. The van der Waals surface area contributed by atoms with Crippen LogP contribution < -0.4 is 5.32 Å². The normalized spacial score (nSPS) is 23.1. The summed E-state index contributed by atoms with van der Waals surface area (Å²) in [6, 6.07) is 1.73. The number of hydrogen-bond acceptors (Lipinski definition) is 3. The Hall–Kier alpha value is -1.13. The number of aromatic nitrogens is 1. The van der Waals surface area contributed by atoms with Crippen LogP contribution in [0.3, 0.4) is 0 Å². The van der Waals surface area contributed by atoms with E-state index in [1.807, 2.05) is 6.92 Å². The fraction of sp³-hybridized carbons (Fsp3) is 0.571. The van der Waals surface area contributed by atoms with Crippen LogP contribution in [-0.4, -0.2) is 23.6 Å². The Morgan fingerprint density at radius 3 is 3.16 bits per heavy atom. The zero-order valence-electron chi connectivity index (χ0n) is 11.3. The van der Waals surface area contributed by atoms with Gasteiger partial charge in [-0.2, -0.15) is 0 Å². The zero-order valence-corrected chi connectivity index (χ0v) is 12.0.